The van der Waals surface area contributed by atoms with Crippen LogP contribution in [0.25, 0.3) is 0 Å². The highest BCUT2D eigenvalue weighted by atomic mass is 32.2. The molecular weight excluding hydrogens is 297 g/mol. The third-order valence-corrected chi connectivity index (χ3v) is 4.15. The van der Waals surface area contributed by atoms with Crippen molar-refractivity contribution in [1.82, 2.24) is 4.72 Å². The highest BCUT2D eigenvalue weighted by Gasteiger charge is 2.26. The molecule has 1 aromatic rings. The number of rotatable bonds is 7. The number of esters is 1. The molecule has 0 aliphatic rings. The van der Waals surface area contributed by atoms with Crippen LogP contribution in [-0.4, -0.2) is 27.5 Å². The first kappa shape index (κ1) is 17.6. The van der Waals surface area contributed by atoms with Gasteiger partial charge in [-0.1, -0.05) is 32.0 Å². The molecule has 21 heavy (non-hydrogen) atoms. The monoisotopic (exact) mass is 317 g/mol. The minimum Gasteiger partial charge on any atom is -0.468 e. The molecule has 0 saturated heterocycles. The molecular formula is C14H20FNO4S. The molecule has 0 bridgehead atoms. The van der Waals surface area contributed by atoms with Crippen molar-refractivity contribution in [2.45, 2.75) is 32.1 Å². The normalized spacial score (nSPS) is 13.2. The molecule has 118 valence electrons. The summed E-state index contributed by atoms with van der Waals surface area (Å²) >= 11 is 0. The fourth-order valence-corrected chi connectivity index (χ4v) is 3.24. The number of benzene rings is 1. The number of carbonyl (C=O) groups excluding carboxylic acids is 1. The zero-order chi connectivity index (χ0) is 16.0. The summed E-state index contributed by atoms with van der Waals surface area (Å²) in [6.45, 7) is 3.72. The number of nitrogens with one attached hydrogen (secondary N) is 1. The summed E-state index contributed by atoms with van der Waals surface area (Å²) < 4.78 is 44.5. The van der Waals surface area contributed by atoms with E-state index in [2.05, 4.69) is 9.46 Å². The maximum Gasteiger partial charge on any atom is 0.323 e. The van der Waals surface area contributed by atoms with Crippen molar-refractivity contribution < 1.29 is 22.3 Å². The molecule has 1 unspecified atom stereocenters. The van der Waals surface area contributed by atoms with Crippen LogP contribution in [0, 0.1) is 11.7 Å². The van der Waals surface area contributed by atoms with Gasteiger partial charge in [0.2, 0.25) is 10.0 Å². The maximum atomic E-state index is 13.5. The summed E-state index contributed by atoms with van der Waals surface area (Å²) in [5, 5.41) is 0. The van der Waals surface area contributed by atoms with Gasteiger partial charge in [-0.3, -0.25) is 4.79 Å². The molecule has 0 radical (unpaired) electrons. The van der Waals surface area contributed by atoms with Gasteiger partial charge in [-0.15, -0.1) is 0 Å². The topological polar surface area (TPSA) is 72.5 Å². The summed E-state index contributed by atoms with van der Waals surface area (Å²) in [4.78, 5) is 11.6. The van der Waals surface area contributed by atoms with Crippen LogP contribution in [-0.2, 0) is 25.3 Å². The first-order chi connectivity index (χ1) is 9.75. The molecule has 0 heterocycles. The molecule has 0 spiro atoms. The van der Waals surface area contributed by atoms with E-state index in [1.165, 1.54) is 25.3 Å². The van der Waals surface area contributed by atoms with Crippen molar-refractivity contribution in [3.05, 3.63) is 35.6 Å². The smallest absolute Gasteiger partial charge is 0.323 e. The lowest BCUT2D eigenvalue weighted by molar-refractivity contribution is -0.143. The molecule has 0 saturated carbocycles. The molecule has 1 aromatic carbocycles. The van der Waals surface area contributed by atoms with Crippen LogP contribution in [0.4, 0.5) is 4.39 Å². The average Bonchev–Trinajstić information content (AvgIpc) is 2.38. The molecule has 1 rings (SSSR count). The summed E-state index contributed by atoms with van der Waals surface area (Å²) in [5.74, 6) is -1.67. The van der Waals surface area contributed by atoms with E-state index in [1.807, 2.05) is 13.8 Å². The maximum absolute atomic E-state index is 13.5. The van der Waals surface area contributed by atoms with Gasteiger partial charge in [-0.25, -0.2) is 17.5 Å². The van der Waals surface area contributed by atoms with Gasteiger partial charge in [0.05, 0.1) is 12.9 Å². The average molecular weight is 317 g/mol. The van der Waals surface area contributed by atoms with Gasteiger partial charge >= 0.3 is 5.97 Å². The molecule has 1 atom stereocenters. The van der Waals surface area contributed by atoms with E-state index in [0.717, 1.165) is 0 Å². The van der Waals surface area contributed by atoms with Crippen molar-refractivity contribution >= 4 is 16.0 Å². The van der Waals surface area contributed by atoms with Gasteiger partial charge < -0.3 is 4.74 Å². The van der Waals surface area contributed by atoms with E-state index in [1.54, 1.807) is 6.07 Å². The summed E-state index contributed by atoms with van der Waals surface area (Å²) in [6, 6.07) is 4.65. The third-order valence-electron chi connectivity index (χ3n) is 2.82. The lowest BCUT2D eigenvalue weighted by Crippen LogP contribution is -2.42. The predicted octanol–water partition coefficient (Wildman–Crippen LogP) is 1.83. The van der Waals surface area contributed by atoms with Crippen LogP contribution in [0.15, 0.2) is 24.3 Å². The van der Waals surface area contributed by atoms with Crippen LogP contribution in [0.3, 0.4) is 0 Å². The number of sulfonamides is 1. The highest BCUT2D eigenvalue weighted by molar-refractivity contribution is 7.88. The van der Waals surface area contributed by atoms with Crippen LogP contribution in [0.2, 0.25) is 0 Å². The first-order valence-electron chi connectivity index (χ1n) is 6.56. The Labute approximate surface area is 124 Å². The summed E-state index contributed by atoms with van der Waals surface area (Å²) in [5.41, 5.74) is 0.0539. The van der Waals surface area contributed by atoms with Gasteiger partial charge in [0, 0.05) is 5.56 Å². The largest absolute Gasteiger partial charge is 0.468 e. The van der Waals surface area contributed by atoms with Crippen molar-refractivity contribution in [2.24, 2.45) is 5.92 Å². The Balaban J connectivity index is 2.86. The number of hydrogen-bond acceptors (Lipinski definition) is 4. The third kappa shape index (κ3) is 5.81. The number of ether oxygens (including phenoxy) is 1. The minimum atomic E-state index is -3.85. The van der Waals surface area contributed by atoms with E-state index in [0.29, 0.717) is 6.42 Å². The second-order valence-electron chi connectivity index (χ2n) is 5.17. The Morgan fingerprint density at radius 3 is 2.48 bits per heavy atom. The van der Waals surface area contributed by atoms with Gasteiger partial charge in [0.15, 0.2) is 0 Å². The Kier molecular flexibility index (Phi) is 6.29. The number of halogens is 1. The van der Waals surface area contributed by atoms with Crippen molar-refractivity contribution in [3.8, 4) is 0 Å². The molecule has 7 heteroatoms. The van der Waals surface area contributed by atoms with E-state index in [9.17, 15) is 17.6 Å². The van der Waals surface area contributed by atoms with Crippen molar-refractivity contribution in [2.75, 3.05) is 7.11 Å². The standard InChI is InChI=1S/C14H20FNO4S/c1-10(2)8-13(14(17)20-3)16-21(18,19)9-11-6-4-5-7-12(11)15/h4-7,10,13,16H,8-9H2,1-3H3. The number of hydrogen-bond donors (Lipinski definition) is 1. The van der Waals surface area contributed by atoms with Crippen LogP contribution < -0.4 is 4.72 Å². The highest BCUT2D eigenvalue weighted by Crippen LogP contribution is 2.12. The molecule has 5 nitrogen and oxygen atoms in total. The fourth-order valence-electron chi connectivity index (χ4n) is 1.88. The zero-order valence-electron chi connectivity index (χ0n) is 12.3. The Bertz CT molecular complexity index is 586. The fraction of sp³-hybridized carbons (Fsp3) is 0.500. The Morgan fingerprint density at radius 1 is 1.33 bits per heavy atom. The van der Waals surface area contributed by atoms with Gasteiger partial charge in [-0.2, -0.15) is 0 Å². The Morgan fingerprint density at radius 2 is 1.95 bits per heavy atom. The van der Waals surface area contributed by atoms with E-state index < -0.39 is 33.6 Å². The Hall–Kier alpha value is -1.47. The van der Waals surface area contributed by atoms with Gasteiger partial charge in [-0.05, 0) is 18.4 Å². The lowest BCUT2D eigenvalue weighted by atomic mass is 10.1. The quantitative estimate of drug-likeness (QED) is 0.779. The van der Waals surface area contributed by atoms with Gasteiger partial charge in [0.25, 0.3) is 0 Å². The molecule has 1 N–H and O–H groups in total. The predicted molar refractivity (Wildman–Crippen MR) is 77.4 cm³/mol. The van der Waals surface area contributed by atoms with Crippen LogP contribution >= 0.6 is 0 Å². The summed E-state index contributed by atoms with van der Waals surface area (Å²) in [6.07, 6.45) is 0.309. The van der Waals surface area contributed by atoms with Crippen LogP contribution in [0.5, 0.6) is 0 Å². The van der Waals surface area contributed by atoms with Gasteiger partial charge in [0.1, 0.15) is 11.9 Å². The molecule has 0 aliphatic carbocycles. The molecule has 0 aliphatic heterocycles. The number of carbonyl (C=O) groups is 1. The minimum absolute atomic E-state index is 0.0539. The molecule has 0 amide bonds. The molecule has 0 fully saturated rings. The first-order valence-corrected chi connectivity index (χ1v) is 8.21. The van der Waals surface area contributed by atoms with Crippen LogP contribution in [0.1, 0.15) is 25.8 Å². The second kappa shape index (κ2) is 7.51. The summed E-state index contributed by atoms with van der Waals surface area (Å²) in [7, 11) is -2.65. The zero-order valence-corrected chi connectivity index (χ0v) is 13.1. The van der Waals surface area contributed by atoms with E-state index in [-0.39, 0.29) is 11.5 Å². The number of methoxy groups -OCH3 is 1. The lowest BCUT2D eigenvalue weighted by Gasteiger charge is -2.18. The van der Waals surface area contributed by atoms with Crippen molar-refractivity contribution in [1.29, 1.82) is 0 Å². The van der Waals surface area contributed by atoms with E-state index >= 15 is 0 Å². The second-order valence-corrected chi connectivity index (χ2v) is 6.93. The molecule has 0 aromatic heterocycles. The SMILES string of the molecule is COC(=O)C(CC(C)C)NS(=O)(=O)Cc1ccccc1F. The van der Waals surface area contributed by atoms with Crippen molar-refractivity contribution in [3.63, 3.8) is 0 Å². The van der Waals surface area contributed by atoms with E-state index in [4.69, 9.17) is 0 Å².